The Balaban J connectivity index is 1.88. The molecule has 0 fully saturated rings. The summed E-state index contributed by atoms with van der Waals surface area (Å²) in [6.07, 6.45) is -4.72. The molecule has 30 heavy (non-hydrogen) atoms. The molecular weight excluding hydrogens is 444 g/mol. The molecule has 0 saturated carbocycles. The monoisotopic (exact) mass is 458 g/mol. The second kappa shape index (κ2) is 8.57. The highest BCUT2D eigenvalue weighted by Gasteiger charge is 2.62. The molecule has 0 bridgehead atoms. The molecule has 2 aromatic carbocycles. The third kappa shape index (κ3) is 4.55. The standard InChI is InChI=1S/C20H15Cl2F3N2O3/c1-2-6-29-18(28)26-16-5-3-4-12(7-16)17-11-19(30-27-17,20(23,24)25)13-8-14(21)10-15(22)9-13/h2-5,7-10H,1,6,11H2,(H,26,28). The lowest BCUT2D eigenvalue weighted by atomic mass is 9.86. The van der Waals surface area contributed by atoms with Crippen LogP contribution in [-0.2, 0) is 15.2 Å². The lowest BCUT2D eigenvalue weighted by Crippen LogP contribution is -2.42. The fourth-order valence-corrected chi connectivity index (χ4v) is 3.44. The van der Waals surface area contributed by atoms with E-state index in [0.29, 0.717) is 11.3 Å². The van der Waals surface area contributed by atoms with Gasteiger partial charge in [-0.15, -0.1) is 0 Å². The molecule has 1 heterocycles. The highest BCUT2D eigenvalue weighted by Crippen LogP contribution is 2.49. The quantitative estimate of drug-likeness (QED) is 0.534. The Labute approximate surface area is 180 Å². The highest BCUT2D eigenvalue weighted by molar-refractivity contribution is 6.34. The maximum Gasteiger partial charge on any atom is 0.435 e. The van der Waals surface area contributed by atoms with Crippen molar-refractivity contribution in [1.82, 2.24) is 0 Å². The summed E-state index contributed by atoms with van der Waals surface area (Å²) in [7, 11) is 0. The van der Waals surface area contributed by atoms with Crippen LogP contribution in [0.5, 0.6) is 0 Å². The first kappa shape index (κ1) is 22.0. The Morgan fingerprint density at radius 3 is 2.60 bits per heavy atom. The first-order valence-corrected chi connectivity index (χ1v) is 9.34. The highest BCUT2D eigenvalue weighted by atomic mass is 35.5. The van der Waals surface area contributed by atoms with Crippen molar-refractivity contribution in [2.75, 3.05) is 11.9 Å². The summed E-state index contributed by atoms with van der Waals surface area (Å²) in [6.45, 7) is 3.45. The van der Waals surface area contributed by atoms with Crippen LogP contribution in [0.15, 0.2) is 60.3 Å². The molecule has 1 atom stereocenters. The summed E-state index contributed by atoms with van der Waals surface area (Å²) in [5, 5.41) is 6.25. The number of carbonyl (C=O) groups excluding carboxylic acids is 1. The minimum absolute atomic E-state index is 0.0162. The number of benzene rings is 2. The molecule has 1 amide bonds. The average Bonchev–Trinajstić information content (AvgIpc) is 3.13. The number of nitrogens with one attached hydrogen (secondary N) is 1. The summed E-state index contributed by atoms with van der Waals surface area (Å²) in [5.41, 5.74) is -2.28. The third-order valence-corrected chi connectivity index (χ3v) is 4.73. The van der Waals surface area contributed by atoms with Crippen LogP contribution >= 0.6 is 23.2 Å². The van der Waals surface area contributed by atoms with Crippen molar-refractivity contribution in [3.63, 3.8) is 0 Å². The van der Waals surface area contributed by atoms with Gasteiger partial charge in [-0.1, -0.05) is 53.1 Å². The molecule has 2 aromatic rings. The van der Waals surface area contributed by atoms with Gasteiger partial charge in [0, 0.05) is 33.3 Å². The molecule has 0 aliphatic carbocycles. The first-order valence-electron chi connectivity index (χ1n) is 8.58. The van der Waals surface area contributed by atoms with E-state index in [1.54, 1.807) is 18.2 Å². The van der Waals surface area contributed by atoms with Gasteiger partial charge in [-0.2, -0.15) is 13.2 Å². The van der Waals surface area contributed by atoms with Gasteiger partial charge in [0.25, 0.3) is 5.60 Å². The Morgan fingerprint density at radius 2 is 1.97 bits per heavy atom. The number of ether oxygens (including phenoxy) is 1. The topological polar surface area (TPSA) is 59.9 Å². The lowest BCUT2D eigenvalue weighted by Gasteiger charge is -2.29. The molecular formula is C20H15Cl2F3N2O3. The zero-order chi connectivity index (χ0) is 21.9. The van der Waals surface area contributed by atoms with Gasteiger partial charge in [-0.3, -0.25) is 5.32 Å². The van der Waals surface area contributed by atoms with Crippen molar-refractivity contribution >= 4 is 40.7 Å². The van der Waals surface area contributed by atoms with E-state index in [-0.39, 0.29) is 27.9 Å². The predicted molar refractivity (Wildman–Crippen MR) is 108 cm³/mol. The van der Waals surface area contributed by atoms with Crippen LogP contribution in [0.1, 0.15) is 17.5 Å². The van der Waals surface area contributed by atoms with E-state index in [2.05, 4.69) is 17.1 Å². The number of rotatable bonds is 5. The number of carbonyl (C=O) groups is 1. The fraction of sp³-hybridized carbons (Fsp3) is 0.200. The molecule has 1 N–H and O–H groups in total. The zero-order valence-electron chi connectivity index (χ0n) is 15.3. The number of amides is 1. The number of anilines is 1. The molecule has 158 valence electrons. The SMILES string of the molecule is C=CCOC(=O)Nc1cccc(C2=NOC(c3cc(Cl)cc(Cl)c3)(C(F)(F)F)C2)c1. The van der Waals surface area contributed by atoms with Gasteiger partial charge in [0.1, 0.15) is 6.61 Å². The summed E-state index contributed by atoms with van der Waals surface area (Å²) in [4.78, 5) is 16.6. The van der Waals surface area contributed by atoms with E-state index in [1.165, 1.54) is 18.2 Å². The van der Waals surface area contributed by atoms with Crippen molar-refractivity contribution in [2.45, 2.75) is 18.2 Å². The van der Waals surface area contributed by atoms with Gasteiger partial charge in [0.05, 0.1) is 5.71 Å². The Bertz CT molecular complexity index is 991. The largest absolute Gasteiger partial charge is 0.445 e. The average molecular weight is 459 g/mol. The molecule has 1 aliphatic heterocycles. The van der Waals surface area contributed by atoms with E-state index < -0.39 is 24.3 Å². The van der Waals surface area contributed by atoms with Crippen LogP contribution in [0.2, 0.25) is 10.0 Å². The van der Waals surface area contributed by atoms with Crippen molar-refractivity contribution in [3.8, 4) is 0 Å². The number of alkyl halides is 3. The lowest BCUT2D eigenvalue weighted by molar-refractivity contribution is -0.275. The van der Waals surface area contributed by atoms with E-state index in [1.807, 2.05) is 0 Å². The zero-order valence-corrected chi connectivity index (χ0v) is 16.8. The number of nitrogens with zero attached hydrogens (tertiary/aromatic N) is 1. The molecule has 5 nitrogen and oxygen atoms in total. The molecule has 1 aliphatic rings. The Morgan fingerprint density at radius 1 is 1.27 bits per heavy atom. The molecule has 0 radical (unpaired) electrons. The maximum atomic E-state index is 14.1. The molecule has 10 heteroatoms. The minimum atomic E-state index is -4.80. The maximum absolute atomic E-state index is 14.1. The second-order valence-corrected chi connectivity index (χ2v) is 7.25. The number of hydrogen-bond donors (Lipinski definition) is 1. The van der Waals surface area contributed by atoms with Gasteiger partial charge in [0.2, 0.25) is 0 Å². The molecule has 0 aromatic heterocycles. The van der Waals surface area contributed by atoms with Gasteiger partial charge in [-0.25, -0.2) is 4.79 Å². The van der Waals surface area contributed by atoms with Gasteiger partial charge < -0.3 is 9.57 Å². The van der Waals surface area contributed by atoms with E-state index in [0.717, 1.165) is 12.1 Å². The Hall–Kier alpha value is -2.71. The number of oxime groups is 1. The van der Waals surface area contributed by atoms with Crippen LogP contribution in [0, 0.1) is 0 Å². The number of halogens is 5. The van der Waals surface area contributed by atoms with Gasteiger partial charge >= 0.3 is 12.3 Å². The Kier molecular flexibility index (Phi) is 6.28. The van der Waals surface area contributed by atoms with Gasteiger partial charge in [0.15, 0.2) is 0 Å². The minimum Gasteiger partial charge on any atom is -0.445 e. The van der Waals surface area contributed by atoms with E-state index >= 15 is 0 Å². The van der Waals surface area contributed by atoms with Gasteiger partial charge in [-0.05, 0) is 30.3 Å². The van der Waals surface area contributed by atoms with Crippen LogP contribution in [0.4, 0.5) is 23.7 Å². The summed E-state index contributed by atoms with van der Waals surface area (Å²) >= 11 is 11.8. The van der Waals surface area contributed by atoms with E-state index in [4.69, 9.17) is 32.8 Å². The summed E-state index contributed by atoms with van der Waals surface area (Å²) < 4.78 is 47.0. The van der Waals surface area contributed by atoms with Crippen molar-refractivity contribution in [2.24, 2.45) is 5.16 Å². The summed E-state index contributed by atoms with van der Waals surface area (Å²) in [5.74, 6) is 0. The van der Waals surface area contributed by atoms with Crippen LogP contribution in [0.3, 0.4) is 0 Å². The third-order valence-electron chi connectivity index (χ3n) is 4.29. The molecule has 0 spiro atoms. The van der Waals surface area contributed by atoms with Crippen molar-refractivity contribution in [3.05, 3.63) is 76.3 Å². The normalized spacial score (nSPS) is 18.4. The smallest absolute Gasteiger partial charge is 0.435 e. The van der Waals surface area contributed by atoms with Crippen LogP contribution in [0.25, 0.3) is 0 Å². The molecule has 0 saturated heterocycles. The molecule has 3 rings (SSSR count). The summed E-state index contributed by atoms with van der Waals surface area (Å²) in [6, 6.07) is 9.76. The molecule has 1 unspecified atom stereocenters. The van der Waals surface area contributed by atoms with Crippen LogP contribution < -0.4 is 5.32 Å². The number of hydrogen-bond acceptors (Lipinski definition) is 4. The van der Waals surface area contributed by atoms with Crippen molar-refractivity contribution < 1.29 is 27.5 Å². The van der Waals surface area contributed by atoms with Crippen LogP contribution in [-0.4, -0.2) is 24.6 Å². The first-order chi connectivity index (χ1) is 14.1. The van der Waals surface area contributed by atoms with Crippen molar-refractivity contribution in [1.29, 1.82) is 0 Å². The van der Waals surface area contributed by atoms with E-state index in [9.17, 15) is 18.0 Å². The second-order valence-electron chi connectivity index (χ2n) is 6.38. The fourth-order valence-electron chi connectivity index (χ4n) is 2.91. The predicted octanol–water partition coefficient (Wildman–Crippen LogP) is 6.31.